The fraction of sp³-hybridized carbons (Fsp3) is 0.217. The number of rotatable bonds is 8. The predicted octanol–water partition coefficient (Wildman–Crippen LogP) is 3.46. The van der Waals surface area contributed by atoms with E-state index in [1.165, 1.54) is 26.4 Å². The first-order valence-corrected chi connectivity index (χ1v) is 11.7. The standard InChI is InChI=1S/C23H24N4O6S.ClH/c1-26-18-7-5-4-6-16(18)17-14-15(8-9-19(17)26)34(29,30)27(12-13-33-23(24)28)20-10-11-21(31-2)25-22(20)32-3;/h4-11,14H,12-13H2,1-3H3,(H2,24,28);1H. The lowest BCUT2D eigenvalue weighted by Crippen LogP contribution is -2.35. The van der Waals surface area contributed by atoms with Crippen molar-refractivity contribution in [3.05, 3.63) is 54.6 Å². The minimum atomic E-state index is -4.12. The van der Waals surface area contributed by atoms with E-state index >= 15 is 0 Å². The van der Waals surface area contributed by atoms with E-state index in [1.54, 1.807) is 18.2 Å². The summed E-state index contributed by atoms with van der Waals surface area (Å²) in [5.74, 6) is 0.289. The number of fused-ring (bicyclic) bond motifs is 3. The topological polar surface area (TPSA) is 126 Å². The van der Waals surface area contributed by atoms with Crippen LogP contribution in [0, 0.1) is 0 Å². The molecule has 2 aromatic heterocycles. The van der Waals surface area contributed by atoms with Crippen molar-refractivity contribution in [2.75, 3.05) is 31.7 Å². The summed E-state index contributed by atoms with van der Waals surface area (Å²) in [6, 6.07) is 15.7. The van der Waals surface area contributed by atoms with Gasteiger partial charge in [-0.05, 0) is 30.3 Å². The highest BCUT2D eigenvalue weighted by Crippen LogP contribution is 2.35. The summed E-state index contributed by atoms with van der Waals surface area (Å²) in [6.45, 7) is -0.469. The number of para-hydroxylation sites is 1. The number of sulfonamides is 1. The Hall–Kier alpha value is -3.70. The molecule has 35 heavy (non-hydrogen) atoms. The SMILES string of the molecule is COc1ccc(N(CCOC(N)=O)S(=O)(=O)c2ccc3c(c2)c2ccccc2n3C)c(OC)n1.Cl. The van der Waals surface area contributed by atoms with Crippen LogP contribution in [0.5, 0.6) is 11.8 Å². The van der Waals surface area contributed by atoms with Crippen LogP contribution in [-0.4, -0.2) is 51.4 Å². The summed E-state index contributed by atoms with van der Waals surface area (Å²) in [7, 11) is 0.621. The highest BCUT2D eigenvalue weighted by atomic mass is 35.5. The molecule has 2 aromatic carbocycles. The minimum absolute atomic E-state index is 0. The third-order valence-corrected chi connectivity index (χ3v) is 7.31. The number of nitrogens with zero attached hydrogens (tertiary/aromatic N) is 3. The van der Waals surface area contributed by atoms with Crippen molar-refractivity contribution in [3.63, 3.8) is 0 Å². The van der Waals surface area contributed by atoms with Crippen LogP contribution in [0.2, 0.25) is 0 Å². The van der Waals surface area contributed by atoms with Gasteiger partial charge in [0, 0.05) is 34.9 Å². The van der Waals surface area contributed by atoms with Crippen molar-refractivity contribution in [1.29, 1.82) is 0 Å². The van der Waals surface area contributed by atoms with Gasteiger partial charge in [0.2, 0.25) is 11.8 Å². The fourth-order valence-electron chi connectivity index (χ4n) is 3.90. The van der Waals surface area contributed by atoms with Gasteiger partial charge in [-0.15, -0.1) is 12.4 Å². The van der Waals surface area contributed by atoms with Gasteiger partial charge in [0.25, 0.3) is 10.0 Å². The molecule has 12 heteroatoms. The molecule has 4 rings (SSSR count). The fourth-order valence-corrected chi connectivity index (χ4v) is 5.38. The number of halogens is 1. The summed E-state index contributed by atoms with van der Waals surface area (Å²) in [5.41, 5.74) is 7.11. The summed E-state index contributed by atoms with van der Waals surface area (Å²) >= 11 is 0. The number of benzene rings is 2. The van der Waals surface area contributed by atoms with Crippen molar-refractivity contribution < 1.29 is 27.4 Å². The molecule has 1 amide bonds. The molecule has 0 atom stereocenters. The normalized spacial score (nSPS) is 11.2. The van der Waals surface area contributed by atoms with Crippen LogP contribution < -0.4 is 19.5 Å². The molecule has 0 radical (unpaired) electrons. The molecule has 0 saturated heterocycles. The second-order valence-electron chi connectivity index (χ2n) is 7.38. The number of carbonyl (C=O) groups excluding carboxylic acids is 1. The first kappa shape index (κ1) is 25.9. The molecule has 0 saturated carbocycles. The lowest BCUT2D eigenvalue weighted by Gasteiger charge is -2.25. The van der Waals surface area contributed by atoms with E-state index in [2.05, 4.69) is 4.98 Å². The molecule has 0 aliphatic carbocycles. The Balaban J connectivity index is 0.00000342. The lowest BCUT2D eigenvalue weighted by atomic mass is 10.1. The monoisotopic (exact) mass is 520 g/mol. The maximum Gasteiger partial charge on any atom is 0.404 e. The van der Waals surface area contributed by atoms with Gasteiger partial charge >= 0.3 is 6.09 Å². The third kappa shape index (κ3) is 4.77. The summed E-state index contributed by atoms with van der Waals surface area (Å²) in [6.07, 6.45) is -1.01. The van der Waals surface area contributed by atoms with Gasteiger partial charge in [-0.25, -0.2) is 13.2 Å². The molecule has 186 valence electrons. The number of amides is 1. The van der Waals surface area contributed by atoms with Gasteiger partial charge in [0.15, 0.2) is 0 Å². The molecule has 2 heterocycles. The van der Waals surface area contributed by atoms with Crippen LogP contribution in [0.3, 0.4) is 0 Å². The number of hydrogen-bond acceptors (Lipinski definition) is 7. The largest absolute Gasteiger partial charge is 0.481 e. The van der Waals surface area contributed by atoms with Crippen LogP contribution in [0.25, 0.3) is 21.8 Å². The molecular weight excluding hydrogens is 496 g/mol. The van der Waals surface area contributed by atoms with Crippen molar-refractivity contribution in [2.24, 2.45) is 12.8 Å². The van der Waals surface area contributed by atoms with E-state index in [0.29, 0.717) is 0 Å². The first-order valence-electron chi connectivity index (χ1n) is 10.3. The van der Waals surface area contributed by atoms with Crippen LogP contribution >= 0.6 is 12.4 Å². The molecule has 0 spiro atoms. The van der Waals surface area contributed by atoms with Crippen molar-refractivity contribution in [1.82, 2.24) is 9.55 Å². The first-order chi connectivity index (χ1) is 16.3. The number of aryl methyl sites for hydroxylation is 1. The molecule has 0 fully saturated rings. The molecule has 4 aromatic rings. The number of carbonyl (C=O) groups is 1. The van der Waals surface area contributed by atoms with Crippen LogP contribution in [-0.2, 0) is 21.8 Å². The van der Waals surface area contributed by atoms with E-state index in [9.17, 15) is 13.2 Å². The number of nitrogens with two attached hydrogens (primary N) is 1. The quantitative estimate of drug-likeness (QED) is 0.377. The minimum Gasteiger partial charge on any atom is -0.481 e. The molecule has 0 bridgehead atoms. The third-order valence-electron chi connectivity index (χ3n) is 5.50. The van der Waals surface area contributed by atoms with E-state index in [-0.39, 0.29) is 47.9 Å². The van der Waals surface area contributed by atoms with Crippen LogP contribution in [0.1, 0.15) is 0 Å². The predicted molar refractivity (Wildman–Crippen MR) is 135 cm³/mol. The second-order valence-corrected chi connectivity index (χ2v) is 9.24. The van der Waals surface area contributed by atoms with Gasteiger partial charge < -0.3 is 24.5 Å². The molecule has 10 nitrogen and oxygen atoms in total. The molecular formula is C23H25ClN4O6S. The Kier molecular flexibility index (Phi) is 7.61. The van der Waals surface area contributed by atoms with Crippen molar-refractivity contribution in [2.45, 2.75) is 4.90 Å². The molecule has 0 aliphatic rings. The number of aromatic nitrogens is 2. The smallest absolute Gasteiger partial charge is 0.404 e. The van der Waals surface area contributed by atoms with Crippen molar-refractivity contribution in [3.8, 4) is 11.8 Å². The summed E-state index contributed by atoms with van der Waals surface area (Å²) < 4.78 is 46.0. The van der Waals surface area contributed by atoms with E-state index < -0.39 is 16.1 Å². The lowest BCUT2D eigenvalue weighted by molar-refractivity contribution is 0.160. The number of ether oxygens (including phenoxy) is 3. The van der Waals surface area contributed by atoms with Crippen LogP contribution in [0.4, 0.5) is 10.5 Å². The highest BCUT2D eigenvalue weighted by molar-refractivity contribution is 7.92. The number of methoxy groups -OCH3 is 2. The Bertz CT molecular complexity index is 1490. The van der Waals surface area contributed by atoms with Gasteiger partial charge in [-0.3, -0.25) is 4.31 Å². The van der Waals surface area contributed by atoms with Crippen molar-refractivity contribution >= 4 is 56.0 Å². The highest BCUT2D eigenvalue weighted by Gasteiger charge is 2.29. The summed E-state index contributed by atoms with van der Waals surface area (Å²) in [5, 5.41) is 1.73. The average Bonchev–Trinajstić information content (AvgIpc) is 3.13. The zero-order valence-corrected chi connectivity index (χ0v) is 20.9. The number of primary amides is 1. The Labute approximate surface area is 208 Å². The Morgan fingerprint density at radius 3 is 2.43 bits per heavy atom. The van der Waals surface area contributed by atoms with Gasteiger partial charge in [-0.1, -0.05) is 18.2 Å². The van der Waals surface area contributed by atoms with Gasteiger partial charge in [0.1, 0.15) is 12.3 Å². The second kappa shape index (κ2) is 10.3. The number of hydrogen-bond donors (Lipinski definition) is 1. The molecule has 2 N–H and O–H groups in total. The summed E-state index contributed by atoms with van der Waals surface area (Å²) in [4.78, 5) is 15.3. The van der Waals surface area contributed by atoms with Gasteiger partial charge in [0.05, 0.1) is 25.7 Å². The zero-order valence-electron chi connectivity index (χ0n) is 19.3. The van der Waals surface area contributed by atoms with Crippen LogP contribution in [0.15, 0.2) is 59.5 Å². The van der Waals surface area contributed by atoms with E-state index in [1.807, 2.05) is 35.9 Å². The maximum atomic E-state index is 13.9. The van der Waals surface area contributed by atoms with Gasteiger partial charge in [-0.2, -0.15) is 4.98 Å². The number of pyridine rings is 1. The maximum absolute atomic E-state index is 13.9. The van der Waals surface area contributed by atoms with E-state index in [4.69, 9.17) is 19.9 Å². The zero-order chi connectivity index (χ0) is 24.5. The van der Waals surface area contributed by atoms with E-state index in [0.717, 1.165) is 26.1 Å². The molecule has 0 aliphatic heterocycles. The Morgan fingerprint density at radius 2 is 1.74 bits per heavy atom. The average molecular weight is 521 g/mol. The Morgan fingerprint density at radius 1 is 1.03 bits per heavy atom. The number of anilines is 1. The molecule has 0 unspecified atom stereocenters.